The van der Waals surface area contributed by atoms with Gasteiger partial charge in [-0.15, -0.1) is 0 Å². The average molecular weight is 495 g/mol. The molecule has 2 aromatic rings. The van der Waals surface area contributed by atoms with E-state index in [-0.39, 0.29) is 28.8 Å². The van der Waals surface area contributed by atoms with Gasteiger partial charge in [0, 0.05) is 31.7 Å². The zero-order chi connectivity index (χ0) is 25.0. The summed E-state index contributed by atoms with van der Waals surface area (Å²) in [6.07, 6.45) is 6.45. The van der Waals surface area contributed by atoms with Gasteiger partial charge in [-0.05, 0) is 62.8 Å². The molecule has 0 radical (unpaired) electrons. The Morgan fingerprint density at radius 1 is 0.944 bits per heavy atom. The molecule has 0 aliphatic carbocycles. The summed E-state index contributed by atoms with van der Waals surface area (Å²) in [6, 6.07) is 13.8. The van der Waals surface area contributed by atoms with Gasteiger partial charge in [-0.3, -0.25) is 9.59 Å². The normalized spacial score (nSPS) is 22.9. The lowest BCUT2D eigenvalue weighted by Crippen LogP contribution is -2.46. The van der Waals surface area contributed by atoms with Crippen molar-refractivity contribution in [3.63, 3.8) is 0 Å². The zero-order valence-electron chi connectivity index (χ0n) is 20.8. The molecule has 2 amide bonds. The summed E-state index contributed by atoms with van der Waals surface area (Å²) in [5.74, 6) is -0.108. The molecule has 1 spiro atoms. The molecule has 0 bridgehead atoms. The van der Waals surface area contributed by atoms with Crippen molar-refractivity contribution in [1.82, 2.24) is 9.80 Å². The summed E-state index contributed by atoms with van der Waals surface area (Å²) < 4.78 is 26.6. The molecule has 3 aliphatic heterocycles. The second-order valence-electron chi connectivity index (χ2n) is 10.4. The zero-order valence-corrected chi connectivity index (χ0v) is 20.8. The van der Waals surface area contributed by atoms with Gasteiger partial charge < -0.3 is 19.3 Å². The number of piperidine rings is 1. The highest BCUT2D eigenvalue weighted by Gasteiger charge is 2.38. The summed E-state index contributed by atoms with van der Waals surface area (Å²) >= 11 is 0. The highest BCUT2D eigenvalue weighted by molar-refractivity contribution is 5.97. The van der Waals surface area contributed by atoms with Crippen LogP contribution in [-0.4, -0.2) is 67.1 Å². The van der Waals surface area contributed by atoms with Gasteiger partial charge in [0.05, 0.1) is 30.4 Å². The van der Waals surface area contributed by atoms with E-state index < -0.39 is 5.82 Å². The van der Waals surface area contributed by atoms with E-state index in [4.69, 9.17) is 9.47 Å². The Morgan fingerprint density at radius 2 is 1.72 bits per heavy atom. The van der Waals surface area contributed by atoms with Crippen molar-refractivity contribution in [2.45, 2.75) is 51.0 Å². The summed E-state index contributed by atoms with van der Waals surface area (Å²) in [5.41, 5.74) is 0.618. The molecule has 0 aromatic heterocycles. The summed E-state index contributed by atoms with van der Waals surface area (Å²) in [5, 5.41) is 0. The van der Waals surface area contributed by atoms with E-state index in [0.717, 1.165) is 51.5 Å². The molecule has 192 valence electrons. The lowest BCUT2D eigenvalue weighted by atomic mass is 9.75. The molecule has 7 heteroatoms. The van der Waals surface area contributed by atoms with E-state index in [2.05, 4.69) is 0 Å². The Hall–Kier alpha value is -2.93. The smallest absolute Gasteiger partial charge is 0.257 e. The molecule has 3 aliphatic rings. The van der Waals surface area contributed by atoms with E-state index >= 15 is 0 Å². The van der Waals surface area contributed by atoms with Crippen molar-refractivity contribution in [2.24, 2.45) is 5.41 Å². The number of rotatable bonds is 1. The van der Waals surface area contributed by atoms with Gasteiger partial charge in [-0.2, -0.15) is 0 Å². The van der Waals surface area contributed by atoms with Gasteiger partial charge in [-0.1, -0.05) is 30.7 Å². The summed E-state index contributed by atoms with van der Waals surface area (Å²) in [4.78, 5) is 30.1. The minimum Gasteiger partial charge on any atom is -0.492 e. The van der Waals surface area contributed by atoms with Crippen LogP contribution in [0.1, 0.15) is 65.7 Å². The van der Waals surface area contributed by atoms with Gasteiger partial charge >= 0.3 is 0 Å². The number of halogens is 1. The molecular formula is C29H35FN2O4. The van der Waals surface area contributed by atoms with Gasteiger partial charge in [0.2, 0.25) is 0 Å². The summed E-state index contributed by atoms with van der Waals surface area (Å²) in [7, 11) is 0. The first-order valence-corrected chi connectivity index (χ1v) is 13.2. The monoisotopic (exact) mass is 494 g/mol. The number of fused-ring (bicyclic) bond motifs is 2. The number of hydrogen-bond donors (Lipinski definition) is 0. The maximum absolute atomic E-state index is 14.2. The second kappa shape index (κ2) is 11.0. The quantitative estimate of drug-likeness (QED) is 0.564. The number of amides is 2. The van der Waals surface area contributed by atoms with E-state index in [9.17, 15) is 14.0 Å². The van der Waals surface area contributed by atoms with Crippen LogP contribution in [0.4, 0.5) is 4.39 Å². The summed E-state index contributed by atoms with van der Waals surface area (Å²) in [6.45, 7) is 3.61. The van der Waals surface area contributed by atoms with E-state index in [1.807, 2.05) is 29.2 Å². The Balaban J connectivity index is 1.32. The lowest BCUT2D eigenvalue weighted by molar-refractivity contribution is 0.0301. The second-order valence-corrected chi connectivity index (χ2v) is 10.4. The Morgan fingerprint density at radius 3 is 2.56 bits per heavy atom. The fourth-order valence-electron chi connectivity index (χ4n) is 5.81. The van der Waals surface area contributed by atoms with Crippen LogP contribution in [-0.2, 0) is 4.74 Å². The van der Waals surface area contributed by atoms with Gasteiger partial charge in [0.25, 0.3) is 11.8 Å². The maximum atomic E-state index is 14.2. The molecule has 3 heterocycles. The molecule has 0 unspecified atom stereocenters. The van der Waals surface area contributed by atoms with Crippen LogP contribution in [0.2, 0.25) is 0 Å². The fourth-order valence-corrected chi connectivity index (χ4v) is 5.81. The highest BCUT2D eigenvalue weighted by atomic mass is 19.1. The van der Waals surface area contributed by atoms with Crippen molar-refractivity contribution >= 4 is 11.8 Å². The van der Waals surface area contributed by atoms with Gasteiger partial charge in [-0.25, -0.2) is 4.39 Å². The number of carbonyl (C=O) groups is 2. The van der Waals surface area contributed by atoms with E-state index in [0.29, 0.717) is 44.2 Å². The molecule has 2 saturated heterocycles. The van der Waals surface area contributed by atoms with Crippen LogP contribution in [0, 0.1) is 11.2 Å². The van der Waals surface area contributed by atoms with Crippen LogP contribution < -0.4 is 4.74 Å². The van der Waals surface area contributed by atoms with Crippen molar-refractivity contribution in [1.29, 1.82) is 0 Å². The van der Waals surface area contributed by atoms with Crippen molar-refractivity contribution in [2.75, 3.05) is 39.5 Å². The Labute approximate surface area is 212 Å². The first-order valence-electron chi connectivity index (χ1n) is 13.2. The SMILES string of the molecule is O=C(c1ccccc1F)N1CCC2(CCCCOC[C@@H]3CCCN3C(=O)c3ccccc3OC2)CC1. The average Bonchev–Trinajstić information content (AvgIpc) is 3.38. The van der Waals surface area contributed by atoms with Gasteiger partial charge in [0.1, 0.15) is 11.6 Å². The molecular weight excluding hydrogens is 459 g/mol. The molecule has 5 rings (SSSR count). The Bertz CT molecular complexity index is 1080. The first-order chi connectivity index (χ1) is 17.6. The first kappa shape index (κ1) is 24.8. The fraction of sp³-hybridized carbons (Fsp3) is 0.517. The van der Waals surface area contributed by atoms with Crippen molar-refractivity contribution < 1.29 is 23.5 Å². The molecule has 1 atom stereocenters. The molecule has 0 saturated carbocycles. The van der Waals surface area contributed by atoms with Gasteiger partial charge in [0.15, 0.2) is 0 Å². The standard InChI is InChI=1S/C29H35FN2O4/c30-25-11-3-1-9-23(25)27(33)31-17-14-29(15-18-31)13-5-6-19-35-20-22-8-7-16-32(22)28(34)24-10-2-4-12-26(24)36-21-29/h1-4,9-12,22H,5-8,13-21H2/t22-/m0/s1. The highest BCUT2D eigenvalue weighted by Crippen LogP contribution is 2.39. The molecule has 0 N–H and O–H groups in total. The maximum Gasteiger partial charge on any atom is 0.257 e. The number of carbonyl (C=O) groups excluding carboxylic acids is 2. The number of hydrogen-bond acceptors (Lipinski definition) is 4. The number of ether oxygens (including phenoxy) is 2. The minimum atomic E-state index is -0.481. The van der Waals surface area contributed by atoms with E-state index in [1.165, 1.54) is 6.07 Å². The Kier molecular flexibility index (Phi) is 7.56. The largest absolute Gasteiger partial charge is 0.492 e. The molecule has 2 aromatic carbocycles. The minimum absolute atomic E-state index is 0.00751. The topological polar surface area (TPSA) is 59.1 Å². The number of para-hydroxylation sites is 1. The van der Waals surface area contributed by atoms with Crippen LogP contribution in [0.5, 0.6) is 5.75 Å². The number of nitrogens with zero attached hydrogens (tertiary/aromatic N) is 2. The molecule has 36 heavy (non-hydrogen) atoms. The molecule has 2 fully saturated rings. The van der Waals surface area contributed by atoms with E-state index in [1.54, 1.807) is 23.1 Å². The third-order valence-electron chi connectivity index (χ3n) is 8.06. The third kappa shape index (κ3) is 5.26. The van der Waals surface area contributed by atoms with Crippen molar-refractivity contribution in [3.8, 4) is 5.75 Å². The third-order valence-corrected chi connectivity index (χ3v) is 8.06. The van der Waals surface area contributed by atoms with Crippen molar-refractivity contribution in [3.05, 3.63) is 65.5 Å². The number of benzene rings is 2. The van der Waals surface area contributed by atoms with Crippen LogP contribution in [0.15, 0.2) is 48.5 Å². The van der Waals surface area contributed by atoms with Crippen LogP contribution in [0.3, 0.4) is 0 Å². The molecule has 6 nitrogen and oxygen atoms in total. The van der Waals surface area contributed by atoms with Crippen LogP contribution in [0.25, 0.3) is 0 Å². The predicted octanol–water partition coefficient (Wildman–Crippen LogP) is 4.93. The predicted molar refractivity (Wildman–Crippen MR) is 135 cm³/mol. The lowest BCUT2D eigenvalue weighted by Gasteiger charge is -2.42. The van der Waals surface area contributed by atoms with Crippen LogP contribution >= 0.6 is 0 Å². The number of likely N-dealkylation sites (tertiary alicyclic amines) is 1.